The number of halogens is 3. The van der Waals surface area contributed by atoms with E-state index in [9.17, 15) is 8.78 Å². The van der Waals surface area contributed by atoms with Crippen LogP contribution in [0.4, 0.5) is 8.78 Å². The quantitative estimate of drug-likeness (QED) is 0.728. The Balaban J connectivity index is 2.43. The van der Waals surface area contributed by atoms with Gasteiger partial charge in [-0.3, -0.25) is 0 Å². The minimum absolute atomic E-state index is 0.0299. The molecule has 94 valence electrons. The van der Waals surface area contributed by atoms with Crippen molar-refractivity contribution in [2.45, 2.75) is 12.3 Å². The van der Waals surface area contributed by atoms with Crippen molar-refractivity contribution in [2.75, 3.05) is 0 Å². The molecule has 0 aromatic heterocycles. The van der Waals surface area contributed by atoms with Gasteiger partial charge in [-0.25, -0.2) is 8.78 Å². The van der Waals surface area contributed by atoms with Crippen LogP contribution in [0, 0.1) is 18.6 Å². The minimum Gasteiger partial charge on any atom is -0.451 e. The molecule has 0 spiro atoms. The molecule has 18 heavy (non-hydrogen) atoms. The Kier molecular flexibility index (Phi) is 3.97. The van der Waals surface area contributed by atoms with E-state index in [2.05, 4.69) is 15.9 Å². The fraction of sp³-hybridized carbons (Fsp3) is 0.143. The molecule has 0 saturated heterocycles. The largest absolute Gasteiger partial charge is 0.451 e. The second kappa shape index (κ2) is 5.48. The van der Waals surface area contributed by atoms with Crippen molar-refractivity contribution in [1.82, 2.24) is 0 Å². The van der Waals surface area contributed by atoms with Crippen LogP contribution in [-0.4, -0.2) is 0 Å². The van der Waals surface area contributed by atoms with Gasteiger partial charge in [-0.1, -0.05) is 40.2 Å². The van der Waals surface area contributed by atoms with Crippen LogP contribution in [0.25, 0.3) is 0 Å². The number of aryl methyl sites for hydroxylation is 1. The van der Waals surface area contributed by atoms with Crippen LogP contribution in [-0.2, 0) is 5.33 Å². The van der Waals surface area contributed by atoms with Crippen LogP contribution >= 0.6 is 15.9 Å². The maximum atomic E-state index is 13.8. The lowest BCUT2D eigenvalue weighted by Crippen LogP contribution is -1.96. The van der Waals surface area contributed by atoms with Crippen molar-refractivity contribution in [3.05, 3.63) is 59.2 Å². The van der Waals surface area contributed by atoms with E-state index in [1.54, 1.807) is 31.2 Å². The number of hydrogen-bond acceptors (Lipinski definition) is 1. The minimum atomic E-state index is -0.507. The highest BCUT2D eigenvalue weighted by Gasteiger charge is 2.13. The predicted octanol–water partition coefficient (Wildman–Crippen LogP) is 4.96. The Bertz CT molecular complexity index is 570. The summed E-state index contributed by atoms with van der Waals surface area (Å²) in [5.41, 5.74) is 1.10. The third-order valence-electron chi connectivity index (χ3n) is 2.56. The summed E-state index contributed by atoms with van der Waals surface area (Å²) < 4.78 is 32.8. The summed E-state index contributed by atoms with van der Waals surface area (Å²) in [4.78, 5) is 0. The van der Waals surface area contributed by atoms with E-state index in [-0.39, 0.29) is 11.5 Å². The van der Waals surface area contributed by atoms with Crippen molar-refractivity contribution in [3.8, 4) is 11.5 Å². The van der Waals surface area contributed by atoms with E-state index in [1.165, 1.54) is 12.1 Å². The van der Waals surface area contributed by atoms with E-state index in [0.29, 0.717) is 16.5 Å². The molecule has 0 unspecified atom stereocenters. The molecule has 0 aliphatic heterocycles. The van der Waals surface area contributed by atoms with Gasteiger partial charge in [0.2, 0.25) is 0 Å². The summed E-state index contributed by atoms with van der Waals surface area (Å²) in [6, 6.07) is 9.38. The van der Waals surface area contributed by atoms with Gasteiger partial charge in [0.15, 0.2) is 23.1 Å². The summed E-state index contributed by atoms with van der Waals surface area (Å²) in [6.45, 7) is 1.63. The molecule has 4 heteroatoms. The van der Waals surface area contributed by atoms with E-state index in [0.717, 1.165) is 0 Å². The van der Waals surface area contributed by atoms with Gasteiger partial charge in [0.25, 0.3) is 0 Å². The fourth-order valence-electron chi connectivity index (χ4n) is 1.58. The molecule has 0 bridgehead atoms. The first-order valence-electron chi connectivity index (χ1n) is 5.40. The average molecular weight is 313 g/mol. The third-order valence-corrected chi connectivity index (χ3v) is 3.16. The molecule has 1 nitrogen and oxygen atoms in total. The standard InChI is InChI=1S/C14H11BrF2O/c1-9-4-2-7-12(13(9)17)18-14-10(8-15)5-3-6-11(14)16/h2-7H,8H2,1H3. The van der Waals surface area contributed by atoms with Crippen molar-refractivity contribution in [3.63, 3.8) is 0 Å². The lowest BCUT2D eigenvalue weighted by molar-refractivity contribution is 0.410. The monoisotopic (exact) mass is 312 g/mol. The smallest absolute Gasteiger partial charge is 0.168 e. The lowest BCUT2D eigenvalue weighted by atomic mass is 10.2. The molecule has 0 aliphatic rings. The van der Waals surface area contributed by atoms with Gasteiger partial charge in [0, 0.05) is 10.9 Å². The van der Waals surface area contributed by atoms with Gasteiger partial charge in [0.1, 0.15) is 0 Å². The molecule has 0 radical (unpaired) electrons. The van der Waals surface area contributed by atoms with E-state index in [4.69, 9.17) is 4.74 Å². The van der Waals surface area contributed by atoms with Crippen LogP contribution < -0.4 is 4.74 Å². The maximum absolute atomic E-state index is 13.8. The molecule has 2 rings (SSSR count). The summed E-state index contributed by atoms with van der Waals surface area (Å²) in [6.07, 6.45) is 0. The second-order valence-corrected chi connectivity index (χ2v) is 4.41. The Labute approximate surface area is 113 Å². The van der Waals surface area contributed by atoms with Crippen LogP contribution in [0.1, 0.15) is 11.1 Å². The van der Waals surface area contributed by atoms with Gasteiger partial charge in [-0.15, -0.1) is 0 Å². The van der Waals surface area contributed by atoms with Crippen molar-refractivity contribution < 1.29 is 13.5 Å². The summed E-state index contributed by atoms with van der Waals surface area (Å²) >= 11 is 3.25. The molecule has 2 aromatic carbocycles. The molecule has 0 amide bonds. The maximum Gasteiger partial charge on any atom is 0.168 e. The first kappa shape index (κ1) is 13.0. The van der Waals surface area contributed by atoms with Crippen LogP contribution in [0.2, 0.25) is 0 Å². The second-order valence-electron chi connectivity index (χ2n) is 3.85. The van der Waals surface area contributed by atoms with Gasteiger partial charge in [-0.05, 0) is 24.6 Å². The van der Waals surface area contributed by atoms with Gasteiger partial charge >= 0.3 is 0 Å². The number of para-hydroxylation sites is 1. The van der Waals surface area contributed by atoms with Crippen molar-refractivity contribution in [2.24, 2.45) is 0 Å². The molecule has 0 aliphatic carbocycles. The molecule has 0 heterocycles. The molecule has 0 fully saturated rings. The number of rotatable bonds is 3. The predicted molar refractivity (Wildman–Crippen MR) is 70.2 cm³/mol. The van der Waals surface area contributed by atoms with E-state index in [1.807, 2.05) is 0 Å². The normalized spacial score (nSPS) is 10.4. The van der Waals surface area contributed by atoms with Crippen LogP contribution in [0.5, 0.6) is 11.5 Å². The Hall–Kier alpha value is -1.42. The number of benzene rings is 2. The summed E-state index contributed by atoms with van der Waals surface area (Å²) in [7, 11) is 0. The van der Waals surface area contributed by atoms with E-state index < -0.39 is 11.6 Å². The highest BCUT2D eigenvalue weighted by Crippen LogP contribution is 2.31. The number of ether oxygens (including phenoxy) is 1. The molecule has 0 N–H and O–H groups in total. The first-order valence-corrected chi connectivity index (χ1v) is 6.52. The zero-order chi connectivity index (χ0) is 13.1. The van der Waals surface area contributed by atoms with E-state index >= 15 is 0 Å². The Morgan fingerprint density at radius 1 is 1.11 bits per heavy atom. The highest BCUT2D eigenvalue weighted by atomic mass is 79.9. The van der Waals surface area contributed by atoms with Gasteiger partial charge in [0.05, 0.1) is 0 Å². The van der Waals surface area contributed by atoms with Gasteiger partial charge < -0.3 is 4.74 Å². The summed E-state index contributed by atoms with van der Waals surface area (Å²) in [5.74, 6) is -0.893. The molecular weight excluding hydrogens is 302 g/mol. The number of alkyl halides is 1. The zero-order valence-corrected chi connectivity index (χ0v) is 11.3. The molecule has 2 aromatic rings. The zero-order valence-electron chi connectivity index (χ0n) is 9.71. The van der Waals surface area contributed by atoms with Gasteiger partial charge in [-0.2, -0.15) is 0 Å². The van der Waals surface area contributed by atoms with Crippen LogP contribution in [0.15, 0.2) is 36.4 Å². The fourth-order valence-corrected chi connectivity index (χ4v) is 2.02. The summed E-state index contributed by atoms with van der Waals surface area (Å²) in [5, 5.41) is 0.438. The molecule has 0 atom stereocenters. The first-order chi connectivity index (χ1) is 8.63. The lowest BCUT2D eigenvalue weighted by Gasteiger charge is -2.12. The average Bonchev–Trinajstić information content (AvgIpc) is 2.37. The molecule has 0 saturated carbocycles. The molecular formula is C14H11BrF2O. The van der Waals surface area contributed by atoms with Crippen molar-refractivity contribution >= 4 is 15.9 Å². The van der Waals surface area contributed by atoms with Crippen LogP contribution in [0.3, 0.4) is 0 Å². The highest BCUT2D eigenvalue weighted by molar-refractivity contribution is 9.08. The third kappa shape index (κ3) is 2.53. The van der Waals surface area contributed by atoms with Crippen molar-refractivity contribution in [1.29, 1.82) is 0 Å². The Morgan fingerprint density at radius 3 is 2.56 bits per heavy atom. The number of hydrogen-bond donors (Lipinski definition) is 0. The topological polar surface area (TPSA) is 9.23 Å². The SMILES string of the molecule is Cc1cccc(Oc2c(F)cccc2CBr)c1F. The Morgan fingerprint density at radius 2 is 1.83 bits per heavy atom.